The van der Waals surface area contributed by atoms with Crippen LogP contribution in [0.4, 0.5) is 0 Å². The van der Waals surface area contributed by atoms with Crippen LogP contribution in [-0.2, 0) is 11.3 Å². The first kappa shape index (κ1) is 12.3. The van der Waals surface area contributed by atoms with Crippen LogP contribution in [0.25, 0.3) is 0 Å². The van der Waals surface area contributed by atoms with E-state index in [0.29, 0.717) is 6.54 Å². The van der Waals surface area contributed by atoms with Crippen molar-refractivity contribution in [1.82, 2.24) is 9.88 Å². The summed E-state index contributed by atoms with van der Waals surface area (Å²) in [6.45, 7) is 7.44. The predicted octanol–water partition coefficient (Wildman–Crippen LogP) is 1.71. The molecule has 0 saturated carbocycles. The van der Waals surface area contributed by atoms with Crippen LogP contribution in [0.3, 0.4) is 0 Å². The Morgan fingerprint density at radius 1 is 1.53 bits per heavy atom. The number of pyridine rings is 1. The van der Waals surface area contributed by atoms with E-state index >= 15 is 0 Å². The van der Waals surface area contributed by atoms with Gasteiger partial charge in [0.2, 0.25) is 0 Å². The van der Waals surface area contributed by atoms with Crippen molar-refractivity contribution < 1.29 is 9.84 Å². The highest BCUT2D eigenvalue weighted by Crippen LogP contribution is 2.18. The number of aromatic nitrogens is 1. The van der Waals surface area contributed by atoms with Gasteiger partial charge in [0, 0.05) is 31.9 Å². The highest BCUT2D eigenvalue weighted by atomic mass is 16.5. The Bertz CT molecular complexity index is 382. The van der Waals surface area contributed by atoms with Crippen molar-refractivity contribution in [3.63, 3.8) is 0 Å². The third kappa shape index (κ3) is 3.41. The van der Waals surface area contributed by atoms with Crippen molar-refractivity contribution in [3.05, 3.63) is 23.5 Å². The number of hydrogen-bond acceptors (Lipinski definition) is 4. The lowest BCUT2D eigenvalue weighted by atomic mass is 10.2. The fraction of sp³-hybridized carbons (Fsp3) is 0.615. The van der Waals surface area contributed by atoms with Gasteiger partial charge in [-0.1, -0.05) is 0 Å². The van der Waals surface area contributed by atoms with Gasteiger partial charge in [0.05, 0.1) is 11.8 Å². The molecule has 1 fully saturated rings. The molecule has 1 aliphatic heterocycles. The van der Waals surface area contributed by atoms with Crippen molar-refractivity contribution in [3.8, 4) is 5.75 Å². The van der Waals surface area contributed by atoms with Crippen LogP contribution < -0.4 is 0 Å². The van der Waals surface area contributed by atoms with E-state index in [2.05, 4.69) is 16.8 Å². The van der Waals surface area contributed by atoms with E-state index in [1.165, 1.54) is 0 Å². The van der Waals surface area contributed by atoms with Crippen LogP contribution in [0, 0.1) is 6.92 Å². The second-order valence-electron chi connectivity index (χ2n) is 4.69. The Kier molecular flexibility index (Phi) is 3.97. The molecule has 17 heavy (non-hydrogen) atoms. The summed E-state index contributed by atoms with van der Waals surface area (Å²) in [4.78, 5) is 6.68. The molecule has 1 saturated heterocycles. The smallest absolute Gasteiger partial charge is 0.138 e. The predicted molar refractivity (Wildman–Crippen MR) is 65.9 cm³/mol. The minimum absolute atomic E-state index is 0.254. The van der Waals surface area contributed by atoms with E-state index in [0.717, 1.165) is 37.5 Å². The molecule has 0 aliphatic carbocycles. The summed E-state index contributed by atoms with van der Waals surface area (Å²) < 4.78 is 5.60. The van der Waals surface area contributed by atoms with Crippen molar-refractivity contribution >= 4 is 0 Å². The molecule has 2 heterocycles. The van der Waals surface area contributed by atoms with Gasteiger partial charge >= 0.3 is 0 Å². The van der Waals surface area contributed by atoms with Crippen molar-refractivity contribution in [2.75, 3.05) is 19.7 Å². The van der Waals surface area contributed by atoms with Gasteiger partial charge in [0.1, 0.15) is 5.75 Å². The van der Waals surface area contributed by atoms with Gasteiger partial charge in [0.25, 0.3) is 0 Å². The van der Waals surface area contributed by atoms with Crippen LogP contribution in [0.1, 0.15) is 24.7 Å². The molecule has 0 bridgehead atoms. The van der Waals surface area contributed by atoms with Crippen LogP contribution in [-0.4, -0.2) is 40.8 Å². The first-order chi connectivity index (χ1) is 8.15. The van der Waals surface area contributed by atoms with Gasteiger partial charge in [-0.3, -0.25) is 9.88 Å². The van der Waals surface area contributed by atoms with Gasteiger partial charge in [-0.2, -0.15) is 0 Å². The molecule has 1 aromatic rings. The van der Waals surface area contributed by atoms with Crippen LogP contribution in [0.5, 0.6) is 5.75 Å². The maximum Gasteiger partial charge on any atom is 0.138 e. The highest BCUT2D eigenvalue weighted by Gasteiger charge is 2.16. The zero-order chi connectivity index (χ0) is 12.3. The molecule has 0 spiro atoms. The van der Waals surface area contributed by atoms with Crippen molar-refractivity contribution in [1.29, 1.82) is 0 Å². The molecule has 4 heteroatoms. The van der Waals surface area contributed by atoms with Gasteiger partial charge in [0.15, 0.2) is 0 Å². The SMILES string of the molecule is Cc1ccc(O)c(CN2CCCOC(C)C2)n1. The third-order valence-corrected chi connectivity index (χ3v) is 3.00. The van der Waals surface area contributed by atoms with Gasteiger partial charge in [-0.05, 0) is 32.4 Å². The summed E-state index contributed by atoms with van der Waals surface area (Å²) >= 11 is 0. The topological polar surface area (TPSA) is 45.6 Å². The number of ether oxygens (including phenoxy) is 1. The Morgan fingerprint density at radius 3 is 3.18 bits per heavy atom. The number of aryl methyl sites for hydroxylation is 1. The van der Waals surface area contributed by atoms with Gasteiger partial charge < -0.3 is 9.84 Å². The second-order valence-corrected chi connectivity index (χ2v) is 4.69. The van der Waals surface area contributed by atoms with Gasteiger partial charge in [-0.15, -0.1) is 0 Å². The molecule has 4 nitrogen and oxygen atoms in total. The van der Waals surface area contributed by atoms with E-state index < -0.39 is 0 Å². The Hall–Kier alpha value is -1.13. The molecule has 0 aromatic carbocycles. The van der Waals surface area contributed by atoms with E-state index in [1.807, 2.05) is 13.0 Å². The molecule has 0 radical (unpaired) electrons. The molecule has 1 atom stereocenters. The molecular weight excluding hydrogens is 216 g/mol. The Balaban J connectivity index is 2.06. The zero-order valence-electron chi connectivity index (χ0n) is 10.5. The van der Waals surface area contributed by atoms with Gasteiger partial charge in [-0.25, -0.2) is 0 Å². The van der Waals surface area contributed by atoms with E-state index in [-0.39, 0.29) is 11.9 Å². The van der Waals surface area contributed by atoms with E-state index in [1.54, 1.807) is 6.07 Å². The van der Waals surface area contributed by atoms with Crippen LogP contribution in [0.2, 0.25) is 0 Å². The molecule has 1 aliphatic rings. The molecule has 0 amide bonds. The largest absolute Gasteiger partial charge is 0.506 e. The summed E-state index contributed by atoms with van der Waals surface area (Å²) in [6, 6.07) is 3.54. The quantitative estimate of drug-likeness (QED) is 0.849. The summed E-state index contributed by atoms with van der Waals surface area (Å²) in [6.07, 6.45) is 1.29. The normalized spacial score (nSPS) is 22.4. The first-order valence-corrected chi connectivity index (χ1v) is 6.14. The monoisotopic (exact) mass is 236 g/mol. The maximum atomic E-state index is 9.78. The molecule has 1 aromatic heterocycles. The molecular formula is C13H20N2O2. The highest BCUT2D eigenvalue weighted by molar-refractivity contribution is 5.27. The minimum atomic E-state index is 0.254. The fourth-order valence-corrected chi connectivity index (χ4v) is 2.16. The van der Waals surface area contributed by atoms with Crippen molar-refractivity contribution in [2.24, 2.45) is 0 Å². The lowest BCUT2D eigenvalue weighted by Gasteiger charge is -2.21. The second kappa shape index (κ2) is 5.47. The third-order valence-electron chi connectivity index (χ3n) is 3.00. The molecule has 1 unspecified atom stereocenters. The van der Waals surface area contributed by atoms with Crippen LogP contribution >= 0.6 is 0 Å². The minimum Gasteiger partial charge on any atom is -0.506 e. The number of rotatable bonds is 2. The Morgan fingerprint density at radius 2 is 2.35 bits per heavy atom. The first-order valence-electron chi connectivity index (χ1n) is 6.14. The molecule has 94 valence electrons. The average Bonchev–Trinajstić information content (AvgIpc) is 2.48. The summed E-state index contributed by atoms with van der Waals surface area (Å²) in [5.41, 5.74) is 1.70. The lowest BCUT2D eigenvalue weighted by molar-refractivity contribution is 0.0665. The summed E-state index contributed by atoms with van der Waals surface area (Å²) in [5.74, 6) is 0.286. The fourth-order valence-electron chi connectivity index (χ4n) is 2.16. The average molecular weight is 236 g/mol. The van der Waals surface area contributed by atoms with E-state index in [9.17, 15) is 5.11 Å². The van der Waals surface area contributed by atoms with E-state index in [4.69, 9.17) is 4.74 Å². The molecule has 2 rings (SSSR count). The Labute approximate surface area is 102 Å². The lowest BCUT2D eigenvalue weighted by Crippen LogP contribution is -2.30. The number of hydrogen-bond donors (Lipinski definition) is 1. The molecule has 1 N–H and O–H groups in total. The summed E-state index contributed by atoms with van der Waals surface area (Å²) in [5, 5.41) is 9.78. The van der Waals surface area contributed by atoms with Crippen molar-refractivity contribution in [2.45, 2.75) is 32.9 Å². The number of aromatic hydroxyl groups is 1. The number of nitrogens with zero attached hydrogens (tertiary/aromatic N) is 2. The summed E-state index contributed by atoms with van der Waals surface area (Å²) in [7, 11) is 0. The zero-order valence-corrected chi connectivity index (χ0v) is 10.5. The standard InChI is InChI=1S/C13H20N2O2/c1-10-4-5-13(16)12(14-10)9-15-6-3-7-17-11(2)8-15/h4-5,11,16H,3,6-9H2,1-2H3. The van der Waals surface area contributed by atoms with Crippen LogP contribution in [0.15, 0.2) is 12.1 Å². The maximum absolute atomic E-state index is 9.78.